The van der Waals surface area contributed by atoms with Crippen LogP contribution < -0.4 is 4.74 Å². The minimum Gasteiger partial charge on any atom is -0.493 e. The van der Waals surface area contributed by atoms with E-state index in [0.717, 1.165) is 48.3 Å². The number of hydrogen-bond acceptors (Lipinski definition) is 3. The van der Waals surface area contributed by atoms with E-state index in [-0.39, 0.29) is 17.3 Å². The lowest BCUT2D eigenvalue weighted by Gasteiger charge is -2.26. The Hall–Kier alpha value is -2.29. The van der Waals surface area contributed by atoms with Crippen LogP contribution in [0, 0.1) is 5.41 Å². The summed E-state index contributed by atoms with van der Waals surface area (Å²) in [5, 5.41) is 0. The van der Waals surface area contributed by atoms with Crippen molar-refractivity contribution in [2.45, 2.75) is 46.0 Å². The highest BCUT2D eigenvalue weighted by molar-refractivity contribution is 5.82. The van der Waals surface area contributed by atoms with Crippen molar-refractivity contribution in [3.8, 4) is 16.9 Å². The lowest BCUT2D eigenvalue weighted by Crippen LogP contribution is -2.21. The molecule has 0 radical (unpaired) electrons. The Bertz CT molecular complexity index is 786. The zero-order chi connectivity index (χ0) is 18.7. The molecule has 1 atom stereocenters. The molecule has 3 heteroatoms. The Morgan fingerprint density at radius 2 is 1.96 bits per heavy atom. The Morgan fingerprint density at radius 3 is 2.69 bits per heavy atom. The normalized spacial score (nSPS) is 14.9. The fourth-order valence-electron chi connectivity index (χ4n) is 3.67. The predicted molar refractivity (Wildman–Crippen MR) is 105 cm³/mol. The molecule has 0 saturated heterocycles. The Labute approximate surface area is 156 Å². The number of rotatable bonds is 4. The van der Waals surface area contributed by atoms with E-state index < -0.39 is 0 Å². The molecule has 0 spiro atoms. The van der Waals surface area contributed by atoms with Crippen molar-refractivity contribution in [2.24, 2.45) is 5.41 Å². The van der Waals surface area contributed by atoms with Crippen LogP contribution in [-0.4, -0.2) is 19.7 Å². The molecular formula is C23H28O3. The number of carbonyl (C=O) groups is 1. The first kappa shape index (κ1) is 18.5. The molecule has 2 aromatic carbocycles. The van der Waals surface area contributed by atoms with Crippen LogP contribution in [0.5, 0.6) is 5.75 Å². The predicted octanol–water partition coefficient (Wildman–Crippen LogP) is 5.37. The molecule has 1 aliphatic rings. The summed E-state index contributed by atoms with van der Waals surface area (Å²) < 4.78 is 10.9. The van der Waals surface area contributed by atoms with Gasteiger partial charge in [0, 0.05) is 0 Å². The van der Waals surface area contributed by atoms with E-state index in [0.29, 0.717) is 0 Å². The van der Waals surface area contributed by atoms with Gasteiger partial charge in [0.25, 0.3) is 0 Å². The second kappa shape index (κ2) is 7.53. The molecule has 0 bridgehead atoms. The number of hydrogen-bond donors (Lipinski definition) is 0. The van der Waals surface area contributed by atoms with Crippen molar-refractivity contribution in [3.05, 3.63) is 53.6 Å². The smallest absolute Gasteiger partial charge is 0.313 e. The Balaban J connectivity index is 2.05. The van der Waals surface area contributed by atoms with Crippen LogP contribution >= 0.6 is 0 Å². The molecule has 0 saturated carbocycles. The van der Waals surface area contributed by atoms with Crippen LogP contribution in [0.3, 0.4) is 0 Å². The van der Waals surface area contributed by atoms with Crippen LogP contribution in [0.25, 0.3) is 11.1 Å². The zero-order valence-electron chi connectivity index (χ0n) is 16.2. The van der Waals surface area contributed by atoms with E-state index >= 15 is 0 Å². The molecule has 0 aliphatic carbocycles. The minimum absolute atomic E-state index is 0.0235. The van der Waals surface area contributed by atoms with Gasteiger partial charge >= 0.3 is 5.97 Å². The van der Waals surface area contributed by atoms with Crippen LogP contribution in [0.1, 0.15) is 50.7 Å². The summed E-state index contributed by atoms with van der Waals surface area (Å²) in [4.78, 5) is 12.6. The van der Waals surface area contributed by atoms with Gasteiger partial charge in [-0.3, -0.25) is 4.79 Å². The molecule has 26 heavy (non-hydrogen) atoms. The maximum absolute atomic E-state index is 12.6. The molecule has 0 N–H and O–H groups in total. The number of benzene rings is 2. The maximum atomic E-state index is 12.6. The number of aryl methyl sites for hydroxylation is 1. The average Bonchev–Trinajstić information content (AvgIpc) is 2.64. The highest BCUT2D eigenvalue weighted by Crippen LogP contribution is 2.38. The van der Waals surface area contributed by atoms with Crippen molar-refractivity contribution in [2.75, 3.05) is 13.7 Å². The lowest BCUT2D eigenvalue weighted by molar-refractivity contribution is -0.143. The molecular weight excluding hydrogens is 324 g/mol. The highest BCUT2D eigenvalue weighted by atomic mass is 16.5. The van der Waals surface area contributed by atoms with E-state index in [9.17, 15) is 4.79 Å². The summed E-state index contributed by atoms with van der Waals surface area (Å²) in [5.74, 6) is 0.536. The van der Waals surface area contributed by atoms with Gasteiger partial charge in [0.2, 0.25) is 0 Å². The van der Waals surface area contributed by atoms with Crippen molar-refractivity contribution in [1.82, 2.24) is 0 Å². The topological polar surface area (TPSA) is 35.5 Å². The standard InChI is InChI=1S/C23H28O3/c1-23(2,3)15-20(22(24)25-4)19-10-6-5-9-18(19)16-11-12-21-17(14-16)8-7-13-26-21/h5-6,9-12,14,20H,7-8,13,15H2,1-4H3. The van der Waals surface area contributed by atoms with Crippen molar-refractivity contribution in [1.29, 1.82) is 0 Å². The number of carbonyl (C=O) groups excluding carboxylic acids is 1. The van der Waals surface area contributed by atoms with E-state index in [4.69, 9.17) is 9.47 Å². The summed E-state index contributed by atoms with van der Waals surface area (Å²) in [6, 6.07) is 14.5. The SMILES string of the molecule is COC(=O)C(CC(C)(C)C)c1ccccc1-c1ccc2c(c1)CCCO2. The summed E-state index contributed by atoms with van der Waals surface area (Å²) >= 11 is 0. The fourth-order valence-corrected chi connectivity index (χ4v) is 3.67. The summed E-state index contributed by atoms with van der Waals surface area (Å²) in [7, 11) is 1.47. The van der Waals surface area contributed by atoms with Crippen LogP contribution in [0.4, 0.5) is 0 Å². The zero-order valence-corrected chi connectivity index (χ0v) is 16.2. The van der Waals surface area contributed by atoms with Crippen molar-refractivity contribution >= 4 is 5.97 Å². The summed E-state index contributed by atoms with van der Waals surface area (Å²) in [6.07, 6.45) is 2.82. The van der Waals surface area contributed by atoms with Gasteiger partial charge in [0.1, 0.15) is 5.75 Å². The summed E-state index contributed by atoms with van der Waals surface area (Å²) in [6.45, 7) is 7.25. The molecule has 1 unspecified atom stereocenters. The first-order valence-electron chi connectivity index (χ1n) is 9.32. The van der Waals surface area contributed by atoms with Crippen molar-refractivity contribution in [3.63, 3.8) is 0 Å². The third-order valence-electron chi connectivity index (χ3n) is 4.86. The number of esters is 1. The van der Waals surface area contributed by atoms with Gasteiger partial charge < -0.3 is 9.47 Å². The van der Waals surface area contributed by atoms with Crippen molar-refractivity contribution < 1.29 is 14.3 Å². The third-order valence-corrected chi connectivity index (χ3v) is 4.86. The molecule has 138 valence electrons. The molecule has 1 aliphatic heterocycles. The van der Waals surface area contributed by atoms with E-state index in [2.05, 4.69) is 51.1 Å². The molecule has 1 heterocycles. The first-order chi connectivity index (χ1) is 12.4. The molecule has 0 amide bonds. The summed E-state index contributed by atoms with van der Waals surface area (Å²) in [5.41, 5.74) is 4.53. The van der Waals surface area contributed by atoms with Gasteiger partial charge in [-0.25, -0.2) is 0 Å². The van der Waals surface area contributed by atoms with Gasteiger partial charge in [-0.05, 0) is 59.1 Å². The number of methoxy groups -OCH3 is 1. The Kier molecular flexibility index (Phi) is 5.36. The third kappa shape index (κ3) is 4.09. The molecule has 0 fully saturated rings. The fraction of sp³-hybridized carbons (Fsp3) is 0.435. The average molecular weight is 352 g/mol. The monoisotopic (exact) mass is 352 g/mol. The van der Waals surface area contributed by atoms with E-state index in [1.165, 1.54) is 12.7 Å². The van der Waals surface area contributed by atoms with E-state index in [1.807, 2.05) is 12.1 Å². The number of fused-ring (bicyclic) bond motifs is 1. The highest BCUT2D eigenvalue weighted by Gasteiger charge is 2.29. The van der Waals surface area contributed by atoms with Crippen LogP contribution in [-0.2, 0) is 16.0 Å². The van der Waals surface area contributed by atoms with Gasteiger partial charge in [0.15, 0.2) is 0 Å². The quantitative estimate of drug-likeness (QED) is 0.694. The Morgan fingerprint density at radius 1 is 1.19 bits per heavy atom. The maximum Gasteiger partial charge on any atom is 0.313 e. The van der Waals surface area contributed by atoms with E-state index in [1.54, 1.807) is 0 Å². The van der Waals surface area contributed by atoms with Gasteiger partial charge in [-0.15, -0.1) is 0 Å². The van der Waals surface area contributed by atoms with Gasteiger partial charge in [0.05, 0.1) is 19.6 Å². The molecule has 2 aromatic rings. The molecule has 3 nitrogen and oxygen atoms in total. The number of ether oxygens (including phenoxy) is 2. The second-order valence-electron chi connectivity index (χ2n) is 8.20. The molecule has 3 rings (SSSR count). The lowest BCUT2D eigenvalue weighted by atomic mass is 9.79. The van der Waals surface area contributed by atoms with Crippen LogP contribution in [0.2, 0.25) is 0 Å². The van der Waals surface area contributed by atoms with Crippen LogP contribution in [0.15, 0.2) is 42.5 Å². The largest absolute Gasteiger partial charge is 0.493 e. The second-order valence-corrected chi connectivity index (χ2v) is 8.20. The first-order valence-corrected chi connectivity index (χ1v) is 9.32. The minimum atomic E-state index is -0.275. The van der Waals surface area contributed by atoms with Gasteiger partial charge in [-0.1, -0.05) is 51.1 Å². The molecule has 0 aromatic heterocycles. The van der Waals surface area contributed by atoms with Gasteiger partial charge in [-0.2, -0.15) is 0 Å².